The van der Waals surface area contributed by atoms with E-state index >= 15 is 0 Å². The lowest BCUT2D eigenvalue weighted by Gasteiger charge is -2.19. The number of carbonyl (C=O) groups excluding carboxylic acids is 1. The fourth-order valence-corrected chi connectivity index (χ4v) is 2.21. The summed E-state index contributed by atoms with van der Waals surface area (Å²) in [6.45, 7) is 0.536. The van der Waals surface area contributed by atoms with Gasteiger partial charge in [0.1, 0.15) is 12.4 Å². The van der Waals surface area contributed by atoms with Gasteiger partial charge in [0.05, 0.1) is 11.4 Å². The van der Waals surface area contributed by atoms with E-state index in [-0.39, 0.29) is 0 Å². The average Bonchev–Trinajstić information content (AvgIpc) is 2.66. The molecular formula is C13H11NO2. The minimum Gasteiger partial charge on any atom is -0.488 e. The number of para-hydroxylation sites is 1. The number of hydrogen-bond acceptors (Lipinski definition) is 2. The van der Waals surface area contributed by atoms with Crippen LogP contribution in [-0.2, 0) is 13.7 Å². The Kier molecular flexibility index (Phi) is 1.86. The SMILES string of the molecule is Cn1c(C=O)cc2c1-c1ccccc1OC2. The van der Waals surface area contributed by atoms with Gasteiger partial charge in [0.2, 0.25) is 0 Å². The van der Waals surface area contributed by atoms with Gasteiger partial charge in [0.25, 0.3) is 0 Å². The number of fused-ring (bicyclic) bond motifs is 3. The van der Waals surface area contributed by atoms with E-state index in [0.29, 0.717) is 12.3 Å². The molecule has 0 N–H and O–H groups in total. The quantitative estimate of drug-likeness (QED) is 0.681. The summed E-state index contributed by atoms with van der Waals surface area (Å²) >= 11 is 0. The predicted molar refractivity (Wildman–Crippen MR) is 60.6 cm³/mol. The molecule has 0 unspecified atom stereocenters. The van der Waals surface area contributed by atoms with Crippen LogP contribution in [0.2, 0.25) is 0 Å². The van der Waals surface area contributed by atoms with Crippen molar-refractivity contribution in [3.63, 3.8) is 0 Å². The summed E-state index contributed by atoms with van der Waals surface area (Å²) in [5.41, 5.74) is 3.90. The molecule has 1 aromatic heterocycles. The smallest absolute Gasteiger partial charge is 0.166 e. The lowest BCUT2D eigenvalue weighted by atomic mass is 10.0. The van der Waals surface area contributed by atoms with Crippen molar-refractivity contribution < 1.29 is 9.53 Å². The maximum absolute atomic E-state index is 10.9. The fourth-order valence-electron chi connectivity index (χ4n) is 2.21. The van der Waals surface area contributed by atoms with Crippen molar-refractivity contribution in [3.05, 3.63) is 41.6 Å². The molecule has 0 atom stereocenters. The van der Waals surface area contributed by atoms with Gasteiger partial charge in [0.15, 0.2) is 6.29 Å². The highest BCUT2D eigenvalue weighted by atomic mass is 16.5. The molecule has 0 saturated heterocycles. The molecule has 80 valence electrons. The van der Waals surface area contributed by atoms with E-state index in [1.807, 2.05) is 41.9 Å². The van der Waals surface area contributed by atoms with E-state index in [1.54, 1.807) is 0 Å². The summed E-state index contributed by atoms with van der Waals surface area (Å²) in [6.07, 6.45) is 0.876. The van der Waals surface area contributed by atoms with E-state index in [2.05, 4.69) is 0 Å². The molecule has 0 spiro atoms. The molecule has 3 rings (SSSR count). The first-order chi connectivity index (χ1) is 7.81. The van der Waals surface area contributed by atoms with Crippen molar-refractivity contribution in [2.75, 3.05) is 0 Å². The number of hydrogen-bond donors (Lipinski definition) is 0. The van der Waals surface area contributed by atoms with Gasteiger partial charge >= 0.3 is 0 Å². The number of aldehydes is 1. The number of aromatic nitrogens is 1. The first-order valence-electron chi connectivity index (χ1n) is 5.17. The minimum atomic E-state index is 0.536. The number of ether oxygens (including phenoxy) is 1. The van der Waals surface area contributed by atoms with Gasteiger partial charge in [0, 0.05) is 18.2 Å². The average molecular weight is 213 g/mol. The molecule has 3 nitrogen and oxygen atoms in total. The summed E-state index contributed by atoms with van der Waals surface area (Å²) < 4.78 is 7.55. The zero-order chi connectivity index (χ0) is 11.1. The van der Waals surface area contributed by atoms with Crippen molar-refractivity contribution in [1.29, 1.82) is 0 Å². The molecule has 1 aliphatic rings. The topological polar surface area (TPSA) is 31.2 Å². The minimum absolute atomic E-state index is 0.536. The van der Waals surface area contributed by atoms with E-state index in [4.69, 9.17) is 4.74 Å². The van der Waals surface area contributed by atoms with E-state index in [9.17, 15) is 4.79 Å². The van der Waals surface area contributed by atoms with Crippen LogP contribution in [0.25, 0.3) is 11.3 Å². The predicted octanol–water partition coefficient (Wildman–Crippen LogP) is 2.40. The first kappa shape index (κ1) is 9.21. The number of nitrogens with zero attached hydrogens (tertiary/aromatic N) is 1. The molecule has 1 aromatic carbocycles. The van der Waals surface area contributed by atoms with Gasteiger partial charge in [-0.25, -0.2) is 0 Å². The molecule has 2 heterocycles. The van der Waals surface area contributed by atoms with Crippen LogP contribution in [0.1, 0.15) is 16.1 Å². The summed E-state index contributed by atoms with van der Waals surface area (Å²) in [4.78, 5) is 10.9. The third-order valence-electron chi connectivity index (χ3n) is 3.00. The van der Waals surface area contributed by atoms with Crippen LogP contribution >= 0.6 is 0 Å². The number of carbonyl (C=O) groups is 1. The summed E-state index contributed by atoms with van der Waals surface area (Å²) in [5, 5.41) is 0. The maximum Gasteiger partial charge on any atom is 0.166 e. The van der Waals surface area contributed by atoms with Gasteiger partial charge in [-0.15, -0.1) is 0 Å². The molecule has 0 bridgehead atoms. The second kappa shape index (κ2) is 3.23. The van der Waals surface area contributed by atoms with Crippen LogP contribution < -0.4 is 4.74 Å². The van der Waals surface area contributed by atoms with Crippen molar-refractivity contribution in [2.45, 2.75) is 6.61 Å². The molecule has 0 amide bonds. The maximum atomic E-state index is 10.9. The lowest BCUT2D eigenvalue weighted by molar-refractivity contribution is 0.111. The molecular weight excluding hydrogens is 202 g/mol. The van der Waals surface area contributed by atoms with Gasteiger partial charge in [-0.05, 0) is 18.2 Å². The second-order valence-corrected chi connectivity index (χ2v) is 3.90. The van der Waals surface area contributed by atoms with Crippen LogP contribution in [0.15, 0.2) is 30.3 Å². The van der Waals surface area contributed by atoms with Gasteiger partial charge in [-0.2, -0.15) is 0 Å². The monoisotopic (exact) mass is 213 g/mol. The van der Waals surface area contributed by atoms with Crippen molar-refractivity contribution in [1.82, 2.24) is 4.57 Å². The molecule has 16 heavy (non-hydrogen) atoms. The largest absolute Gasteiger partial charge is 0.488 e. The van der Waals surface area contributed by atoms with E-state index in [0.717, 1.165) is 28.9 Å². The number of rotatable bonds is 1. The van der Waals surface area contributed by atoms with Crippen molar-refractivity contribution in [3.8, 4) is 17.0 Å². The first-order valence-corrected chi connectivity index (χ1v) is 5.17. The zero-order valence-electron chi connectivity index (χ0n) is 8.93. The molecule has 0 radical (unpaired) electrons. The molecule has 2 aromatic rings. The molecule has 0 fully saturated rings. The normalized spacial score (nSPS) is 12.6. The Morgan fingerprint density at radius 3 is 3.00 bits per heavy atom. The van der Waals surface area contributed by atoms with Crippen LogP contribution in [0.5, 0.6) is 5.75 Å². The van der Waals surface area contributed by atoms with Crippen molar-refractivity contribution >= 4 is 6.29 Å². The van der Waals surface area contributed by atoms with E-state index in [1.165, 1.54) is 0 Å². The van der Waals surface area contributed by atoms with Crippen LogP contribution in [0.4, 0.5) is 0 Å². The molecule has 3 heteroatoms. The van der Waals surface area contributed by atoms with Crippen LogP contribution in [0, 0.1) is 0 Å². The van der Waals surface area contributed by atoms with E-state index < -0.39 is 0 Å². The lowest BCUT2D eigenvalue weighted by Crippen LogP contribution is -2.06. The molecule has 0 saturated carbocycles. The molecule has 0 aliphatic carbocycles. The Labute approximate surface area is 93.3 Å². The Hall–Kier alpha value is -2.03. The van der Waals surface area contributed by atoms with Gasteiger partial charge < -0.3 is 9.30 Å². The Balaban J connectivity index is 2.31. The van der Waals surface area contributed by atoms with Crippen molar-refractivity contribution in [2.24, 2.45) is 7.05 Å². The zero-order valence-corrected chi connectivity index (χ0v) is 8.93. The highest BCUT2D eigenvalue weighted by Crippen LogP contribution is 2.38. The standard InChI is InChI=1S/C13H11NO2/c1-14-10(7-15)6-9-8-16-12-5-3-2-4-11(12)13(9)14/h2-7H,8H2,1H3. The molecule has 1 aliphatic heterocycles. The fraction of sp³-hybridized carbons (Fsp3) is 0.154. The third kappa shape index (κ3) is 1.11. The highest BCUT2D eigenvalue weighted by Gasteiger charge is 2.21. The summed E-state index contributed by atoms with van der Waals surface area (Å²) in [5.74, 6) is 0.883. The second-order valence-electron chi connectivity index (χ2n) is 3.90. The Morgan fingerprint density at radius 2 is 2.19 bits per heavy atom. The third-order valence-corrected chi connectivity index (χ3v) is 3.00. The Morgan fingerprint density at radius 1 is 1.38 bits per heavy atom. The van der Waals surface area contributed by atoms with Crippen LogP contribution in [0.3, 0.4) is 0 Å². The van der Waals surface area contributed by atoms with Gasteiger partial charge in [-0.3, -0.25) is 4.79 Å². The number of benzene rings is 1. The highest BCUT2D eigenvalue weighted by molar-refractivity contribution is 5.80. The summed E-state index contributed by atoms with van der Waals surface area (Å²) in [6, 6.07) is 9.78. The summed E-state index contributed by atoms with van der Waals surface area (Å²) in [7, 11) is 1.91. The van der Waals surface area contributed by atoms with Crippen LogP contribution in [-0.4, -0.2) is 10.9 Å². The van der Waals surface area contributed by atoms with Gasteiger partial charge in [-0.1, -0.05) is 12.1 Å². The Bertz CT molecular complexity index is 569.